The first kappa shape index (κ1) is 17.6. The third-order valence-corrected chi connectivity index (χ3v) is 5.85. The molecule has 3 rings (SSSR count). The van der Waals surface area contributed by atoms with E-state index in [0.29, 0.717) is 42.4 Å². The van der Waals surface area contributed by atoms with Crippen LogP contribution >= 0.6 is 35.0 Å². The number of carbonyl (C=O) groups excluding carboxylic acids is 3. The zero-order valence-electron chi connectivity index (χ0n) is 12.8. The van der Waals surface area contributed by atoms with Gasteiger partial charge in [0.05, 0.1) is 21.8 Å². The monoisotopic (exact) mass is 386 g/mol. The van der Waals surface area contributed by atoms with Gasteiger partial charge in [0, 0.05) is 19.5 Å². The zero-order valence-corrected chi connectivity index (χ0v) is 15.2. The minimum atomic E-state index is -0.199. The van der Waals surface area contributed by atoms with Crippen LogP contribution in [0.5, 0.6) is 0 Å². The molecular weight excluding hydrogens is 371 g/mol. The van der Waals surface area contributed by atoms with Crippen LogP contribution in [0.3, 0.4) is 0 Å². The lowest BCUT2D eigenvalue weighted by atomic mass is 10.1. The van der Waals surface area contributed by atoms with Crippen LogP contribution in [0, 0.1) is 0 Å². The fourth-order valence-corrected chi connectivity index (χ4v) is 4.10. The van der Waals surface area contributed by atoms with Crippen LogP contribution in [-0.4, -0.2) is 51.7 Å². The van der Waals surface area contributed by atoms with Crippen LogP contribution in [0.4, 0.5) is 4.79 Å². The molecule has 0 N–H and O–H groups in total. The molecule has 2 aliphatic heterocycles. The van der Waals surface area contributed by atoms with E-state index < -0.39 is 0 Å². The Bertz CT molecular complexity index is 682. The average Bonchev–Trinajstić information content (AvgIpc) is 3.15. The number of hydrogen-bond acceptors (Lipinski definition) is 4. The van der Waals surface area contributed by atoms with Gasteiger partial charge in [0.25, 0.3) is 5.24 Å². The molecule has 2 fully saturated rings. The molecule has 5 nitrogen and oxygen atoms in total. The normalized spacial score (nSPS) is 21.0. The highest BCUT2D eigenvalue weighted by Gasteiger charge is 2.39. The maximum absolute atomic E-state index is 12.4. The quantitative estimate of drug-likeness (QED) is 0.796. The molecule has 0 radical (unpaired) electrons. The zero-order chi connectivity index (χ0) is 17.3. The summed E-state index contributed by atoms with van der Waals surface area (Å²) in [7, 11) is 0. The molecule has 0 bridgehead atoms. The van der Waals surface area contributed by atoms with Gasteiger partial charge in [0.2, 0.25) is 11.8 Å². The summed E-state index contributed by atoms with van der Waals surface area (Å²) < 4.78 is 0. The predicted octanol–water partition coefficient (Wildman–Crippen LogP) is 3.22. The number of nitrogens with zero attached hydrogens (tertiary/aromatic N) is 2. The van der Waals surface area contributed by atoms with Crippen molar-refractivity contribution >= 4 is 52.0 Å². The van der Waals surface area contributed by atoms with Crippen LogP contribution < -0.4 is 0 Å². The van der Waals surface area contributed by atoms with Crippen LogP contribution in [0.15, 0.2) is 18.2 Å². The topological polar surface area (TPSA) is 57.7 Å². The molecule has 0 saturated carbocycles. The van der Waals surface area contributed by atoms with E-state index in [4.69, 9.17) is 23.2 Å². The van der Waals surface area contributed by atoms with Gasteiger partial charge in [-0.3, -0.25) is 19.3 Å². The maximum atomic E-state index is 12.4. The second-order valence-electron chi connectivity index (χ2n) is 5.85. The summed E-state index contributed by atoms with van der Waals surface area (Å²) in [6.07, 6.45) is 1.59. The average molecular weight is 387 g/mol. The highest BCUT2D eigenvalue weighted by Crippen LogP contribution is 2.27. The molecule has 0 unspecified atom stereocenters. The molecule has 2 heterocycles. The van der Waals surface area contributed by atoms with Crippen LogP contribution in [0.2, 0.25) is 10.0 Å². The standard InChI is InChI=1S/C16H16Cl2N2O3S/c17-12-3-1-10(7-13(12)18)2-4-14(21)19-6-5-11(8-19)20-15(22)9-24-16(20)23/h1,3,7,11H,2,4-6,8-9H2/t11-/m0/s1. The third kappa shape index (κ3) is 3.71. The Labute approximate surface area is 154 Å². The van der Waals surface area contributed by atoms with Gasteiger partial charge in [-0.15, -0.1) is 0 Å². The summed E-state index contributed by atoms with van der Waals surface area (Å²) in [6, 6.07) is 5.15. The maximum Gasteiger partial charge on any atom is 0.289 e. The van der Waals surface area contributed by atoms with Gasteiger partial charge in [-0.2, -0.15) is 0 Å². The van der Waals surface area contributed by atoms with E-state index in [1.165, 1.54) is 4.90 Å². The fraction of sp³-hybridized carbons (Fsp3) is 0.438. The molecule has 24 heavy (non-hydrogen) atoms. The Balaban J connectivity index is 1.54. The van der Waals surface area contributed by atoms with E-state index in [2.05, 4.69) is 0 Å². The van der Waals surface area contributed by atoms with Crippen LogP contribution in [0.25, 0.3) is 0 Å². The first-order valence-corrected chi connectivity index (χ1v) is 9.40. The van der Waals surface area contributed by atoms with Gasteiger partial charge in [0.15, 0.2) is 0 Å². The van der Waals surface area contributed by atoms with Crippen molar-refractivity contribution in [2.75, 3.05) is 18.8 Å². The SMILES string of the molecule is O=C(CCc1ccc(Cl)c(Cl)c1)N1CC[C@H](N2C(=O)CSC2=O)C1. The second kappa shape index (κ2) is 7.33. The molecule has 1 atom stereocenters. The van der Waals surface area contributed by atoms with Crippen molar-refractivity contribution < 1.29 is 14.4 Å². The lowest BCUT2D eigenvalue weighted by Crippen LogP contribution is -2.41. The van der Waals surface area contributed by atoms with Gasteiger partial charge in [0.1, 0.15) is 0 Å². The minimum absolute atomic E-state index is 0.0234. The van der Waals surface area contributed by atoms with Crippen molar-refractivity contribution in [2.45, 2.75) is 25.3 Å². The van der Waals surface area contributed by atoms with E-state index in [1.807, 2.05) is 6.07 Å². The third-order valence-electron chi connectivity index (χ3n) is 4.28. The number of amides is 3. The summed E-state index contributed by atoms with van der Waals surface area (Å²) in [5.41, 5.74) is 0.954. The first-order chi connectivity index (χ1) is 11.5. The Kier molecular flexibility index (Phi) is 5.37. The Morgan fingerprint density at radius 2 is 2.04 bits per heavy atom. The summed E-state index contributed by atoms with van der Waals surface area (Å²) in [5.74, 6) is 0.0797. The molecule has 3 amide bonds. The van der Waals surface area contributed by atoms with Gasteiger partial charge < -0.3 is 4.90 Å². The molecule has 8 heteroatoms. The molecule has 0 aromatic heterocycles. The minimum Gasteiger partial charge on any atom is -0.341 e. The molecule has 2 aliphatic rings. The number of benzene rings is 1. The Morgan fingerprint density at radius 1 is 1.25 bits per heavy atom. The molecular formula is C16H16Cl2N2O3S. The number of aryl methyl sites for hydroxylation is 1. The first-order valence-electron chi connectivity index (χ1n) is 7.66. The molecule has 128 valence electrons. The Hall–Kier alpha value is -1.24. The van der Waals surface area contributed by atoms with Crippen molar-refractivity contribution in [1.82, 2.24) is 9.80 Å². The number of hydrogen-bond donors (Lipinski definition) is 0. The van der Waals surface area contributed by atoms with Gasteiger partial charge in [-0.25, -0.2) is 0 Å². The van der Waals surface area contributed by atoms with Gasteiger partial charge in [-0.05, 0) is 30.5 Å². The fourth-order valence-electron chi connectivity index (χ4n) is 3.00. The van der Waals surface area contributed by atoms with Crippen molar-refractivity contribution in [1.29, 1.82) is 0 Å². The highest BCUT2D eigenvalue weighted by molar-refractivity contribution is 8.14. The molecule has 2 saturated heterocycles. The molecule has 1 aromatic rings. The number of imide groups is 1. The van der Waals surface area contributed by atoms with E-state index >= 15 is 0 Å². The van der Waals surface area contributed by atoms with E-state index in [-0.39, 0.29) is 28.8 Å². The highest BCUT2D eigenvalue weighted by atomic mass is 35.5. The lowest BCUT2D eigenvalue weighted by molar-refractivity contribution is -0.131. The van der Waals surface area contributed by atoms with Crippen molar-refractivity contribution in [3.05, 3.63) is 33.8 Å². The number of rotatable bonds is 4. The number of likely N-dealkylation sites (tertiary alicyclic amines) is 1. The van der Waals surface area contributed by atoms with Crippen molar-refractivity contribution in [3.63, 3.8) is 0 Å². The van der Waals surface area contributed by atoms with E-state index in [0.717, 1.165) is 17.3 Å². The van der Waals surface area contributed by atoms with Crippen molar-refractivity contribution in [2.24, 2.45) is 0 Å². The summed E-state index contributed by atoms with van der Waals surface area (Å²) in [5, 5.41) is 0.772. The Morgan fingerprint density at radius 3 is 2.71 bits per heavy atom. The second-order valence-corrected chi connectivity index (χ2v) is 7.59. The van der Waals surface area contributed by atoms with Crippen LogP contribution in [0.1, 0.15) is 18.4 Å². The number of halogens is 2. The van der Waals surface area contributed by atoms with Gasteiger partial charge >= 0.3 is 0 Å². The van der Waals surface area contributed by atoms with Gasteiger partial charge in [-0.1, -0.05) is 41.0 Å². The van der Waals surface area contributed by atoms with E-state index in [1.54, 1.807) is 17.0 Å². The number of carbonyl (C=O) groups is 3. The number of thioether (sulfide) groups is 1. The predicted molar refractivity (Wildman–Crippen MR) is 94.5 cm³/mol. The largest absolute Gasteiger partial charge is 0.341 e. The molecule has 1 aromatic carbocycles. The smallest absolute Gasteiger partial charge is 0.289 e. The molecule has 0 aliphatic carbocycles. The van der Waals surface area contributed by atoms with Crippen molar-refractivity contribution in [3.8, 4) is 0 Å². The van der Waals surface area contributed by atoms with E-state index in [9.17, 15) is 14.4 Å². The molecule has 0 spiro atoms. The van der Waals surface area contributed by atoms with Crippen LogP contribution in [-0.2, 0) is 16.0 Å². The summed E-state index contributed by atoms with van der Waals surface area (Å²) >= 11 is 12.9. The lowest BCUT2D eigenvalue weighted by Gasteiger charge is -2.22. The summed E-state index contributed by atoms with van der Waals surface area (Å²) in [4.78, 5) is 38.9. The summed E-state index contributed by atoms with van der Waals surface area (Å²) in [6.45, 7) is 1.00.